The lowest BCUT2D eigenvalue weighted by molar-refractivity contribution is 0.0957. The minimum atomic E-state index is -0.221. The van der Waals surface area contributed by atoms with Gasteiger partial charge in [0, 0.05) is 26.6 Å². The average molecular weight is 374 g/mol. The predicted molar refractivity (Wildman–Crippen MR) is 110 cm³/mol. The van der Waals surface area contributed by atoms with Gasteiger partial charge in [-0.2, -0.15) is 10.2 Å². The van der Waals surface area contributed by atoms with Crippen LogP contribution in [0, 0.1) is 0 Å². The van der Waals surface area contributed by atoms with Crippen LogP contribution in [0.15, 0.2) is 65.2 Å². The van der Waals surface area contributed by atoms with E-state index in [-0.39, 0.29) is 5.91 Å². The second kappa shape index (κ2) is 7.55. The first kappa shape index (κ1) is 17.2. The van der Waals surface area contributed by atoms with Crippen LogP contribution in [0.4, 0.5) is 0 Å². The molecule has 0 radical (unpaired) electrons. The first-order chi connectivity index (χ1) is 13.3. The number of aryl methyl sites for hydroxylation is 1. The van der Waals surface area contributed by atoms with Crippen LogP contribution < -0.4 is 5.43 Å². The largest absolute Gasteiger partial charge is 0.277 e. The number of thiophene rings is 1. The number of aromatic nitrogens is 2. The normalized spacial score (nSPS) is 11.3. The van der Waals surface area contributed by atoms with Crippen molar-refractivity contribution in [2.24, 2.45) is 5.10 Å². The molecule has 0 saturated carbocycles. The number of hydrazone groups is 1. The Morgan fingerprint density at radius 2 is 2.04 bits per heavy atom. The number of hydrogen-bond donors (Lipinski definition) is 2. The number of fused-ring (bicyclic) bond motifs is 1. The van der Waals surface area contributed by atoms with Crippen molar-refractivity contribution in [2.75, 3.05) is 0 Å². The summed E-state index contributed by atoms with van der Waals surface area (Å²) in [5, 5.41) is 14.0. The van der Waals surface area contributed by atoms with E-state index in [4.69, 9.17) is 0 Å². The van der Waals surface area contributed by atoms with Gasteiger partial charge in [0.25, 0.3) is 5.91 Å². The molecule has 6 heteroatoms. The highest BCUT2D eigenvalue weighted by molar-refractivity contribution is 7.17. The summed E-state index contributed by atoms with van der Waals surface area (Å²) in [6, 6.07) is 16.1. The van der Waals surface area contributed by atoms with Gasteiger partial charge in [-0.25, -0.2) is 5.43 Å². The zero-order valence-electron chi connectivity index (χ0n) is 14.8. The van der Waals surface area contributed by atoms with Gasteiger partial charge in [0.1, 0.15) is 0 Å². The molecule has 1 amide bonds. The van der Waals surface area contributed by atoms with Crippen molar-refractivity contribution in [3.8, 4) is 11.3 Å². The zero-order valence-corrected chi connectivity index (χ0v) is 15.6. The second-order valence-electron chi connectivity index (χ2n) is 6.10. The number of rotatable bonds is 5. The molecule has 0 aliphatic carbocycles. The molecule has 0 fully saturated rings. The topological polar surface area (TPSA) is 70.1 Å². The third-order valence-corrected chi connectivity index (χ3v) is 5.38. The summed E-state index contributed by atoms with van der Waals surface area (Å²) in [7, 11) is 0. The summed E-state index contributed by atoms with van der Waals surface area (Å²) in [4.78, 5) is 12.4. The fourth-order valence-corrected chi connectivity index (χ4v) is 3.85. The molecule has 2 heterocycles. The third-order valence-electron chi connectivity index (χ3n) is 4.41. The molecular formula is C21H18N4OS. The van der Waals surface area contributed by atoms with Gasteiger partial charge in [-0.1, -0.05) is 49.4 Å². The van der Waals surface area contributed by atoms with Crippen molar-refractivity contribution in [3.05, 3.63) is 76.8 Å². The minimum absolute atomic E-state index is 0.221. The number of H-pyrrole nitrogens is 1. The van der Waals surface area contributed by atoms with E-state index in [2.05, 4.69) is 51.9 Å². The summed E-state index contributed by atoms with van der Waals surface area (Å²) in [6.45, 7) is 2.13. The molecule has 0 bridgehead atoms. The molecule has 0 atom stereocenters. The predicted octanol–water partition coefficient (Wildman–Crippen LogP) is 4.62. The van der Waals surface area contributed by atoms with Crippen LogP contribution in [-0.4, -0.2) is 22.3 Å². The number of benzene rings is 2. The molecule has 0 spiro atoms. The summed E-state index contributed by atoms with van der Waals surface area (Å²) < 4.78 is 1.08. The highest BCUT2D eigenvalue weighted by atomic mass is 32.1. The lowest BCUT2D eigenvalue weighted by atomic mass is 10.1. The molecule has 2 aromatic heterocycles. The molecule has 0 aliphatic heterocycles. The highest BCUT2D eigenvalue weighted by Gasteiger charge is 2.11. The van der Waals surface area contributed by atoms with Gasteiger partial charge < -0.3 is 0 Å². The van der Waals surface area contributed by atoms with Gasteiger partial charge in [-0.3, -0.25) is 9.89 Å². The average Bonchev–Trinajstić information content (AvgIpc) is 3.35. The first-order valence-corrected chi connectivity index (χ1v) is 9.56. The van der Waals surface area contributed by atoms with E-state index in [0.717, 1.165) is 33.3 Å². The fourth-order valence-electron chi connectivity index (χ4n) is 2.91. The standard InChI is InChI=1S/C21H18N4OS/c1-2-14-7-9-15(10-8-14)20-16(11-22-24-20)12-23-25-21(26)18-13-27-19-6-4-3-5-17(18)19/h3-13H,2H2,1H3,(H,22,24)(H,25,26)/b23-12+. The Morgan fingerprint density at radius 3 is 2.85 bits per heavy atom. The van der Waals surface area contributed by atoms with Crippen LogP contribution in [0.2, 0.25) is 0 Å². The van der Waals surface area contributed by atoms with Crippen molar-refractivity contribution in [2.45, 2.75) is 13.3 Å². The van der Waals surface area contributed by atoms with E-state index in [1.807, 2.05) is 29.6 Å². The van der Waals surface area contributed by atoms with Crippen molar-refractivity contribution >= 4 is 33.5 Å². The first-order valence-electron chi connectivity index (χ1n) is 8.68. The van der Waals surface area contributed by atoms with Crippen molar-refractivity contribution in [1.82, 2.24) is 15.6 Å². The lowest BCUT2D eigenvalue weighted by Crippen LogP contribution is -2.17. The van der Waals surface area contributed by atoms with Crippen LogP contribution in [0.25, 0.3) is 21.3 Å². The molecule has 0 aliphatic rings. The second-order valence-corrected chi connectivity index (χ2v) is 7.01. The quantitative estimate of drug-likeness (QED) is 0.395. The summed E-state index contributed by atoms with van der Waals surface area (Å²) in [6.07, 6.45) is 4.30. The number of aromatic amines is 1. The monoisotopic (exact) mass is 374 g/mol. The van der Waals surface area contributed by atoms with Crippen LogP contribution in [-0.2, 0) is 6.42 Å². The smallest absolute Gasteiger partial charge is 0.272 e. The van der Waals surface area contributed by atoms with Crippen molar-refractivity contribution in [1.29, 1.82) is 0 Å². The van der Waals surface area contributed by atoms with E-state index >= 15 is 0 Å². The maximum absolute atomic E-state index is 12.4. The molecule has 134 valence electrons. The van der Waals surface area contributed by atoms with Crippen LogP contribution in [0.5, 0.6) is 0 Å². The van der Waals surface area contributed by atoms with Crippen molar-refractivity contribution < 1.29 is 4.79 Å². The van der Waals surface area contributed by atoms with E-state index in [1.165, 1.54) is 5.56 Å². The maximum atomic E-state index is 12.4. The van der Waals surface area contributed by atoms with Crippen molar-refractivity contribution in [3.63, 3.8) is 0 Å². The van der Waals surface area contributed by atoms with Crippen LogP contribution in [0.1, 0.15) is 28.4 Å². The Bertz CT molecular complexity index is 1110. The zero-order chi connectivity index (χ0) is 18.6. The summed E-state index contributed by atoms with van der Waals surface area (Å²) in [5.74, 6) is -0.221. The van der Waals surface area contributed by atoms with Gasteiger partial charge in [-0.05, 0) is 18.1 Å². The van der Waals surface area contributed by atoms with E-state index < -0.39 is 0 Å². The van der Waals surface area contributed by atoms with Gasteiger partial charge in [0.05, 0.1) is 23.7 Å². The molecular weight excluding hydrogens is 356 g/mol. The van der Waals surface area contributed by atoms with Crippen LogP contribution in [0.3, 0.4) is 0 Å². The highest BCUT2D eigenvalue weighted by Crippen LogP contribution is 2.25. The van der Waals surface area contributed by atoms with Gasteiger partial charge in [0.15, 0.2) is 0 Å². The van der Waals surface area contributed by atoms with E-state index in [9.17, 15) is 4.79 Å². The Hall–Kier alpha value is -3.25. The molecule has 2 N–H and O–H groups in total. The number of nitrogens with one attached hydrogen (secondary N) is 2. The fraction of sp³-hybridized carbons (Fsp3) is 0.0952. The maximum Gasteiger partial charge on any atom is 0.272 e. The Kier molecular flexibility index (Phi) is 4.80. The molecule has 4 rings (SSSR count). The molecule has 27 heavy (non-hydrogen) atoms. The minimum Gasteiger partial charge on any atom is -0.277 e. The summed E-state index contributed by atoms with van der Waals surface area (Å²) >= 11 is 1.55. The Morgan fingerprint density at radius 1 is 1.22 bits per heavy atom. The lowest BCUT2D eigenvalue weighted by Gasteiger charge is -2.02. The van der Waals surface area contributed by atoms with Crippen LogP contribution >= 0.6 is 11.3 Å². The van der Waals surface area contributed by atoms with E-state index in [0.29, 0.717) is 5.56 Å². The Labute approximate surface area is 160 Å². The Balaban J connectivity index is 1.50. The number of hydrogen-bond acceptors (Lipinski definition) is 4. The number of nitrogens with zero attached hydrogens (tertiary/aromatic N) is 2. The molecule has 0 unspecified atom stereocenters. The molecule has 4 aromatic rings. The number of carbonyl (C=O) groups is 1. The summed E-state index contributed by atoms with van der Waals surface area (Å²) in [5.41, 5.74) is 7.24. The molecule has 2 aromatic carbocycles. The third kappa shape index (κ3) is 3.52. The van der Waals surface area contributed by atoms with Gasteiger partial charge in [-0.15, -0.1) is 11.3 Å². The molecule has 5 nitrogen and oxygen atoms in total. The number of carbonyl (C=O) groups excluding carboxylic acids is 1. The molecule has 0 saturated heterocycles. The van der Waals surface area contributed by atoms with E-state index in [1.54, 1.807) is 23.7 Å². The number of amides is 1. The SMILES string of the molecule is CCc1ccc(-c2[nH]ncc2/C=N/NC(=O)c2csc3ccccc23)cc1. The van der Waals surface area contributed by atoms with Gasteiger partial charge >= 0.3 is 0 Å². The van der Waals surface area contributed by atoms with Gasteiger partial charge in [0.2, 0.25) is 0 Å².